The molecule has 1 unspecified atom stereocenters. The molecule has 70 valence electrons. The fourth-order valence-corrected chi connectivity index (χ4v) is 0.283. The van der Waals surface area contributed by atoms with E-state index in [1.807, 2.05) is 0 Å². The Morgan fingerprint density at radius 3 is 1.73 bits per heavy atom. The van der Waals surface area contributed by atoms with Crippen molar-refractivity contribution in [2.75, 3.05) is 26.3 Å². The third-order valence-electron chi connectivity index (χ3n) is 0.577. The summed E-state index contributed by atoms with van der Waals surface area (Å²) in [7, 11) is 0. The van der Waals surface area contributed by atoms with Crippen LogP contribution in [0.2, 0.25) is 0 Å². The van der Waals surface area contributed by atoms with Crippen molar-refractivity contribution in [1.82, 2.24) is 5.32 Å². The summed E-state index contributed by atoms with van der Waals surface area (Å²) >= 11 is -2.86. The second-order valence-electron chi connectivity index (χ2n) is 1.41. The van der Waals surface area contributed by atoms with Crippen LogP contribution in [0.25, 0.3) is 0 Å². The Bertz CT molecular complexity index is 82.6. The van der Waals surface area contributed by atoms with Crippen LogP contribution in [0.3, 0.4) is 0 Å². The van der Waals surface area contributed by atoms with Gasteiger partial charge in [-0.2, -0.15) is 0 Å². The molecule has 0 aliphatic carbocycles. The van der Waals surface area contributed by atoms with Crippen molar-refractivity contribution in [1.29, 1.82) is 0 Å². The summed E-state index contributed by atoms with van der Waals surface area (Å²) in [6.45, 7) is 1.42. The van der Waals surface area contributed by atoms with Gasteiger partial charge in [-0.05, 0) is 0 Å². The standard InChI is InChI=1S/C4H11NO2.H2O3S/c6-3-1-5-2-4-7;1-4(2)3/h5-7H,1-4H2;(H2,1,2,3)/p-1. The van der Waals surface area contributed by atoms with Gasteiger partial charge in [0.15, 0.2) is 0 Å². The van der Waals surface area contributed by atoms with Gasteiger partial charge in [0.05, 0.1) is 24.6 Å². The Hall–Kier alpha value is -0.0500. The van der Waals surface area contributed by atoms with Gasteiger partial charge in [-0.25, -0.2) is 4.21 Å². The summed E-state index contributed by atoms with van der Waals surface area (Å²) in [4.78, 5) is 0. The molecule has 0 bridgehead atoms. The predicted molar refractivity (Wildman–Crippen MR) is 38.6 cm³/mol. The normalized spacial score (nSPS) is 11.6. The quantitative estimate of drug-likeness (QED) is 0.295. The van der Waals surface area contributed by atoms with Crippen molar-refractivity contribution in [3.05, 3.63) is 0 Å². The van der Waals surface area contributed by atoms with Crippen molar-refractivity contribution in [3.63, 3.8) is 0 Å². The SMILES string of the molecule is O=S([O-])O.OCCNCCO. The lowest BCUT2D eigenvalue weighted by Gasteiger charge is -1.94. The van der Waals surface area contributed by atoms with E-state index in [0.29, 0.717) is 13.1 Å². The molecule has 0 radical (unpaired) electrons. The van der Waals surface area contributed by atoms with E-state index in [1.54, 1.807) is 0 Å². The highest BCUT2D eigenvalue weighted by Gasteiger charge is 1.78. The first-order valence-electron chi connectivity index (χ1n) is 2.86. The molecule has 1 atom stereocenters. The number of hydrogen-bond donors (Lipinski definition) is 4. The number of rotatable bonds is 4. The number of aliphatic hydroxyl groups is 2. The number of hydrogen-bond acceptors (Lipinski definition) is 5. The molecule has 0 aliphatic heterocycles. The van der Waals surface area contributed by atoms with Crippen molar-refractivity contribution < 1.29 is 23.5 Å². The Kier molecular flexibility index (Phi) is 15.5. The van der Waals surface area contributed by atoms with E-state index in [0.717, 1.165) is 0 Å². The van der Waals surface area contributed by atoms with Gasteiger partial charge in [0, 0.05) is 13.1 Å². The largest absolute Gasteiger partial charge is 0.750 e. The van der Waals surface area contributed by atoms with Crippen molar-refractivity contribution in [3.8, 4) is 0 Å². The Labute approximate surface area is 67.4 Å². The van der Waals surface area contributed by atoms with Crippen LogP contribution in [0.4, 0.5) is 0 Å². The first-order chi connectivity index (χ1) is 5.15. The molecule has 0 saturated carbocycles. The average molecular weight is 186 g/mol. The van der Waals surface area contributed by atoms with Crippen LogP contribution < -0.4 is 5.32 Å². The summed E-state index contributed by atoms with van der Waals surface area (Å²) in [6.07, 6.45) is 0. The van der Waals surface area contributed by atoms with Gasteiger partial charge in [-0.15, -0.1) is 0 Å². The summed E-state index contributed by atoms with van der Waals surface area (Å²) in [6, 6.07) is 0. The molecule has 11 heavy (non-hydrogen) atoms. The lowest BCUT2D eigenvalue weighted by atomic mass is 10.6. The van der Waals surface area contributed by atoms with Gasteiger partial charge in [0.2, 0.25) is 0 Å². The maximum atomic E-state index is 8.56. The van der Waals surface area contributed by atoms with Crippen LogP contribution in [0.1, 0.15) is 0 Å². The zero-order valence-electron chi connectivity index (χ0n) is 5.89. The molecule has 0 aromatic carbocycles. The Balaban J connectivity index is 0. The van der Waals surface area contributed by atoms with E-state index in [1.165, 1.54) is 0 Å². The molecule has 0 heterocycles. The van der Waals surface area contributed by atoms with Crippen molar-refractivity contribution in [2.24, 2.45) is 0 Å². The lowest BCUT2D eigenvalue weighted by Crippen LogP contribution is -2.21. The molecule has 0 rings (SSSR count). The smallest absolute Gasteiger partial charge is 0.0814 e. The second-order valence-corrected chi connectivity index (χ2v) is 1.85. The van der Waals surface area contributed by atoms with E-state index in [-0.39, 0.29) is 13.2 Å². The Morgan fingerprint density at radius 1 is 1.27 bits per heavy atom. The first-order valence-corrected chi connectivity index (χ1v) is 3.89. The van der Waals surface area contributed by atoms with Crippen LogP contribution in [0, 0.1) is 0 Å². The van der Waals surface area contributed by atoms with Gasteiger partial charge >= 0.3 is 0 Å². The first kappa shape index (κ1) is 13.5. The molecule has 0 spiro atoms. The molecule has 0 aromatic rings. The molecule has 7 heteroatoms. The van der Waals surface area contributed by atoms with Gasteiger partial charge in [0.25, 0.3) is 0 Å². The predicted octanol–water partition coefficient (Wildman–Crippen LogP) is -2.10. The molecular formula is C4H12NO5S-. The highest BCUT2D eigenvalue weighted by Crippen LogP contribution is 1.54. The number of nitrogens with one attached hydrogen (secondary N) is 1. The van der Waals surface area contributed by atoms with Gasteiger partial charge in [-0.1, -0.05) is 0 Å². The minimum atomic E-state index is -2.86. The van der Waals surface area contributed by atoms with Crippen LogP contribution in [-0.2, 0) is 11.4 Å². The van der Waals surface area contributed by atoms with Crippen LogP contribution in [0.15, 0.2) is 0 Å². The fourth-order valence-electron chi connectivity index (χ4n) is 0.283. The van der Waals surface area contributed by atoms with E-state index in [2.05, 4.69) is 5.32 Å². The molecule has 0 amide bonds. The molecular weight excluding hydrogens is 174 g/mol. The summed E-state index contributed by atoms with van der Waals surface area (Å²) < 4.78 is 24.1. The van der Waals surface area contributed by atoms with Gasteiger partial charge < -0.3 is 24.6 Å². The third kappa shape index (κ3) is 40.3. The maximum Gasteiger partial charge on any atom is 0.0814 e. The molecule has 0 saturated heterocycles. The van der Waals surface area contributed by atoms with Crippen molar-refractivity contribution >= 4 is 11.4 Å². The fraction of sp³-hybridized carbons (Fsp3) is 1.00. The van der Waals surface area contributed by atoms with E-state index >= 15 is 0 Å². The molecule has 0 fully saturated rings. The van der Waals surface area contributed by atoms with E-state index in [4.69, 9.17) is 23.5 Å². The van der Waals surface area contributed by atoms with Crippen molar-refractivity contribution in [2.45, 2.75) is 0 Å². The molecule has 6 nitrogen and oxygen atoms in total. The summed E-state index contributed by atoms with van der Waals surface area (Å²) in [5, 5.41) is 19.1. The molecule has 4 N–H and O–H groups in total. The van der Waals surface area contributed by atoms with E-state index < -0.39 is 11.4 Å². The van der Waals surface area contributed by atoms with E-state index in [9.17, 15) is 0 Å². The highest BCUT2D eigenvalue weighted by molar-refractivity contribution is 7.73. The van der Waals surface area contributed by atoms with Gasteiger partial charge in [0.1, 0.15) is 0 Å². The average Bonchev–Trinajstić information content (AvgIpc) is 1.88. The Morgan fingerprint density at radius 2 is 1.55 bits per heavy atom. The monoisotopic (exact) mass is 186 g/mol. The summed E-state index contributed by atoms with van der Waals surface area (Å²) in [5.41, 5.74) is 0. The van der Waals surface area contributed by atoms with Crippen LogP contribution >= 0.6 is 0 Å². The van der Waals surface area contributed by atoms with Crippen LogP contribution in [0.5, 0.6) is 0 Å². The maximum absolute atomic E-state index is 8.56. The topological polar surface area (TPSA) is 113 Å². The zero-order chi connectivity index (χ0) is 9.11. The van der Waals surface area contributed by atoms with Gasteiger partial charge in [-0.3, -0.25) is 0 Å². The minimum absolute atomic E-state index is 0.139. The van der Waals surface area contributed by atoms with Crippen LogP contribution in [-0.4, -0.2) is 49.8 Å². The minimum Gasteiger partial charge on any atom is -0.750 e. The molecule has 0 aliphatic rings. The molecule has 0 aromatic heterocycles. The highest BCUT2D eigenvalue weighted by atomic mass is 32.2. The second kappa shape index (κ2) is 12.6. The summed E-state index contributed by atoms with van der Waals surface area (Å²) in [5.74, 6) is 0. The number of aliphatic hydroxyl groups excluding tert-OH is 2. The lowest BCUT2D eigenvalue weighted by molar-refractivity contribution is 0.266. The third-order valence-corrected chi connectivity index (χ3v) is 0.577. The zero-order valence-corrected chi connectivity index (χ0v) is 6.71.